The molecule has 0 saturated heterocycles. The minimum atomic E-state index is -0.510. The number of amides is 1. The number of aromatic nitrogens is 2. The zero-order chi connectivity index (χ0) is 17.1. The standard InChI is InChI=1S/C16H16FN3O3/c1-10-4-6-12(8-13(10)17)18-14(21)7-5-11-9-19(2)16(23)20(3)15(11)22/h4-9H,1-3H3,(H,18,21). The van der Waals surface area contributed by atoms with Gasteiger partial charge in [0.25, 0.3) is 5.56 Å². The molecule has 1 aromatic heterocycles. The number of halogens is 1. The molecule has 1 N–H and O–H groups in total. The Balaban J connectivity index is 2.20. The fraction of sp³-hybridized carbons (Fsp3) is 0.188. The van der Waals surface area contributed by atoms with Crippen LogP contribution in [0.15, 0.2) is 40.1 Å². The molecular weight excluding hydrogens is 301 g/mol. The molecule has 0 saturated carbocycles. The Morgan fingerprint density at radius 1 is 1.26 bits per heavy atom. The molecule has 0 atom stereocenters. The van der Waals surface area contributed by atoms with Gasteiger partial charge in [0, 0.05) is 32.1 Å². The lowest BCUT2D eigenvalue weighted by atomic mass is 10.2. The fourth-order valence-electron chi connectivity index (χ4n) is 1.97. The molecule has 0 radical (unpaired) electrons. The van der Waals surface area contributed by atoms with E-state index in [0.29, 0.717) is 11.3 Å². The summed E-state index contributed by atoms with van der Waals surface area (Å²) in [7, 11) is 2.87. The van der Waals surface area contributed by atoms with Crippen LogP contribution < -0.4 is 16.6 Å². The molecule has 2 rings (SSSR count). The number of carbonyl (C=O) groups is 1. The van der Waals surface area contributed by atoms with Gasteiger partial charge in [-0.3, -0.25) is 14.2 Å². The van der Waals surface area contributed by atoms with E-state index in [2.05, 4.69) is 5.32 Å². The number of rotatable bonds is 3. The van der Waals surface area contributed by atoms with E-state index < -0.39 is 23.0 Å². The second kappa shape index (κ2) is 6.43. The van der Waals surface area contributed by atoms with Crippen molar-refractivity contribution in [2.75, 3.05) is 5.32 Å². The first-order valence-corrected chi connectivity index (χ1v) is 6.81. The second-order valence-electron chi connectivity index (χ2n) is 5.13. The molecule has 120 valence electrons. The number of benzene rings is 1. The SMILES string of the molecule is Cc1ccc(NC(=O)C=Cc2cn(C)c(=O)n(C)c2=O)cc1F. The first-order valence-electron chi connectivity index (χ1n) is 6.81. The Kier molecular flexibility index (Phi) is 4.59. The highest BCUT2D eigenvalue weighted by molar-refractivity contribution is 6.01. The van der Waals surface area contributed by atoms with Crippen molar-refractivity contribution in [1.29, 1.82) is 0 Å². The van der Waals surface area contributed by atoms with Crippen LogP contribution in [0.3, 0.4) is 0 Å². The first-order chi connectivity index (χ1) is 10.8. The van der Waals surface area contributed by atoms with Crippen molar-refractivity contribution in [3.05, 3.63) is 68.3 Å². The van der Waals surface area contributed by atoms with E-state index in [1.807, 2.05) is 0 Å². The topological polar surface area (TPSA) is 73.1 Å². The van der Waals surface area contributed by atoms with Gasteiger partial charge in [-0.25, -0.2) is 9.18 Å². The van der Waals surface area contributed by atoms with E-state index in [0.717, 1.165) is 10.6 Å². The van der Waals surface area contributed by atoms with Crippen LogP contribution in [0.4, 0.5) is 10.1 Å². The molecule has 6 nitrogen and oxygen atoms in total. The van der Waals surface area contributed by atoms with Gasteiger partial charge in [-0.1, -0.05) is 6.07 Å². The Bertz CT molecular complexity index is 910. The van der Waals surface area contributed by atoms with Gasteiger partial charge in [-0.05, 0) is 30.7 Å². The minimum Gasteiger partial charge on any atom is -0.322 e. The first kappa shape index (κ1) is 16.4. The summed E-state index contributed by atoms with van der Waals surface area (Å²) in [5.41, 5.74) is 0.0356. The molecule has 0 unspecified atom stereocenters. The molecule has 0 aliphatic rings. The van der Waals surface area contributed by atoms with Crippen molar-refractivity contribution in [2.24, 2.45) is 14.1 Å². The summed E-state index contributed by atoms with van der Waals surface area (Å²) in [4.78, 5) is 35.3. The Hall–Kier alpha value is -2.96. The molecule has 7 heteroatoms. The summed E-state index contributed by atoms with van der Waals surface area (Å²) in [6.45, 7) is 1.62. The quantitative estimate of drug-likeness (QED) is 0.864. The number of nitrogens with zero attached hydrogens (tertiary/aromatic N) is 2. The molecule has 0 aliphatic carbocycles. The summed E-state index contributed by atoms with van der Waals surface area (Å²) in [5.74, 6) is -0.928. The fourth-order valence-corrected chi connectivity index (χ4v) is 1.97. The predicted molar refractivity (Wildman–Crippen MR) is 85.7 cm³/mol. The number of aryl methyl sites for hydroxylation is 2. The highest BCUT2D eigenvalue weighted by atomic mass is 19.1. The molecule has 0 fully saturated rings. The van der Waals surface area contributed by atoms with Crippen molar-refractivity contribution >= 4 is 17.7 Å². The van der Waals surface area contributed by atoms with Gasteiger partial charge < -0.3 is 9.88 Å². The van der Waals surface area contributed by atoms with Crippen LogP contribution >= 0.6 is 0 Å². The lowest BCUT2D eigenvalue weighted by Gasteiger charge is -2.04. The van der Waals surface area contributed by atoms with Crippen molar-refractivity contribution < 1.29 is 9.18 Å². The van der Waals surface area contributed by atoms with Gasteiger partial charge in [-0.15, -0.1) is 0 Å². The maximum absolute atomic E-state index is 13.4. The molecular formula is C16H16FN3O3. The van der Waals surface area contributed by atoms with E-state index in [9.17, 15) is 18.8 Å². The van der Waals surface area contributed by atoms with Crippen LogP contribution in [-0.4, -0.2) is 15.0 Å². The highest BCUT2D eigenvalue weighted by Crippen LogP contribution is 2.13. The lowest BCUT2D eigenvalue weighted by molar-refractivity contribution is -0.111. The third kappa shape index (κ3) is 3.63. The molecule has 0 aliphatic heterocycles. The van der Waals surface area contributed by atoms with Crippen molar-refractivity contribution in [3.8, 4) is 0 Å². The van der Waals surface area contributed by atoms with Crippen LogP contribution in [0.5, 0.6) is 0 Å². The molecule has 2 aromatic rings. The van der Waals surface area contributed by atoms with Gasteiger partial charge in [-0.2, -0.15) is 0 Å². The summed E-state index contributed by atoms with van der Waals surface area (Å²) in [5, 5.41) is 2.50. The summed E-state index contributed by atoms with van der Waals surface area (Å²) < 4.78 is 15.6. The average Bonchev–Trinajstić information content (AvgIpc) is 2.51. The van der Waals surface area contributed by atoms with Gasteiger partial charge >= 0.3 is 5.69 Å². The molecule has 23 heavy (non-hydrogen) atoms. The molecule has 1 aromatic carbocycles. The largest absolute Gasteiger partial charge is 0.330 e. The second-order valence-corrected chi connectivity index (χ2v) is 5.13. The van der Waals surface area contributed by atoms with Gasteiger partial charge in [0.05, 0.1) is 5.56 Å². The lowest BCUT2D eigenvalue weighted by Crippen LogP contribution is -2.37. The number of anilines is 1. The Morgan fingerprint density at radius 2 is 1.96 bits per heavy atom. The minimum absolute atomic E-state index is 0.194. The van der Waals surface area contributed by atoms with Gasteiger partial charge in [0.2, 0.25) is 5.91 Å². The maximum Gasteiger partial charge on any atom is 0.330 e. The normalized spacial score (nSPS) is 11.0. The predicted octanol–water partition coefficient (Wildman–Crippen LogP) is 1.18. The van der Waals surface area contributed by atoms with Crippen LogP contribution in [-0.2, 0) is 18.9 Å². The monoisotopic (exact) mass is 317 g/mol. The number of hydrogen-bond donors (Lipinski definition) is 1. The molecule has 0 spiro atoms. The van der Waals surface area contributed by atoms with Crippen molar-refractivity contribution in [2.45, 2.75) is 6.92 Å². The summed E-state index contributed by atoms with van der Waals surface area (Å²) in [6, 6.07) is 4.35. The van der Waals surface area contributed by atoms with Crippen LogP contribution in [0.1, 0.15) is 11.1 Å². The zero-order valence-corrected chi connectivity index (χ0v) is 13.0. The molecule has 1 heterocycles. The smallest absolute Gasteiger partial charge is 0.322 e. The number of hydrogen-bond acceptors (Lipinski definition) is 3. The van der Waals surface area contributed by atoms with Crippen LogP contribution in [0.2, 0.25) is 0 Å². The van der Waals surface area contributed by atoms with Gasteiger partial charge in [0.15, 0.2) is 0 Å². The van der Waals surface area contributed by atoms with E-state index in [1.54, 1.807) is 19.1 Å². The van der Waals surface area contributed by atoms with E-state index in [1.165, 1.54) is 37.0 Å². The van der Waals surface area contributed by atoms with Crippen LogP contribution in [0.25, 0.3) is 6.08 Å². The summed E-state index contributed by atoms with van der Waals surface area (Å²) in [6.07, 6.45) is 3.81. The van der Waals surface area contributed by atoms with E-state index >= 15 is 0 Å². The van der Waals surface area contributed by atoms with E-state index in [-0.39, 0.29) is 5.56 Å². The Morgan fingerprint density at radius 3 is 2.61 bits per heavy atom. The third-order valence-corrected chi connectivity index (χ3v) is 3.33. The van der Waals surface area contributed by atoms with Gasteiger partial charge in [0.1, 0.15) is 5.82 Å². The third-order valence-electron chi connectivity index (χ3n) is 3.33. The summed E-state index contributed by atoms with van der Waals surface area (Å²) >= 11 is 0. The number of nitrogens with one attached hydrogen (secondary N) is 1. The maximum atomic E-state index is 13.4. The average molecular weight is 317 g/mol. The van der Waals surface area contributed by atoms with Crippen molar-refractivity contribution in [3.63, 3.8) is 0 Å². The zero-order valence-electron chi connectivity index (χ0n) is 13.0. The van der Waals surface area contributed by atoms with E-state index in [4.69, 9.17) is 0 Å². The van der Waals surface area contributed by atoms with Crippen molar-refractivity contribution in [1.82, 2.24) is 9.13 Å². The van der Waals surface area contributed by atoms with Crippen LogP contribution in [0, 0.1) is 12.7 Å². The number of carbonyl (C=O) groups excluding carboxylic acids is 1. The molecule has 1 amide bonds. The molecule has 0 bridgehead atoms. The highest BCUT2D eigenvalue weighted by Gasteiger charge is 2.05. The Labute approximate surface area is 131 Å².